The standard InChI is InChI=1S/C11H11NS2/c1-7-3-4-8(2)9(5-7)10-6-14-11(13)12-10/h3-6H,1-2H3,(H,12,13). The predicted octanol–water partition coefficient (Wildman–Crippen LogP) is 4.09. The number of aryl methyl sites for hydroxylation is 2. The number of nitrogens with one attached hydrogen (secondary N) is 1. The number of aromatic nitrogens is 1. The molecule has 0 bridgehead atoms. The summed E-state index contributed by atoms with van der Waals surface area (Å²) in [5.74, 6) is 0. The Labute approximate surface area is 92.4 Å². The highest BCUT2D eigenvalue weighted by atomic mass is 32.1. The van der Waals surface area contributed by atoms with Crippen LogP contribution in [0.1, 0.15) is 11.1 Å². The highest BCUT2D eigenvalue weighted by Crippen LogP contribution is 2.24. The van der Waals surface area contributed by atoms with Gasteiger partial charge in [0.15, 0.2) is 3.95 Å². The summed E-state index contributed by atoms with van der Waals surface area (Å²) in [4.78, 5) is 3.19. The van der Waals surface area contributed by atoms with Crippen LogP contribution in [0.4, 0.5) is 0 Å². The fourth-order valence-electron chi connectivity index (χ4n) is 1.44. The van der Waals surface area contributed by atoms with Crippen molar-refractivity contribution < 1.29 is 0 Å². The third-order valence-corrected chi connectivity index (χ3v) is 3.26. The fraction of sp³-hybridized carbons (Fsp3) is 0.182. The molecule has 1 heterocycles. The van der Waals surface area contributed by atoms with E-state index in [1.165, 1.54) is 16.7 Å². The zero-order chi connectivity index (χ0) is 10.1. The monoisotopic (exact) mass is 221 g/mol. The van der Waals surface area contributed by atoms with Gasteiger partial charge in [-0.05, 0) is 37.7 Å². The van der Waals surface area contributed by atoms with Gasteiger partial charge < -0.3 is 4.98 Å². The molecule has 1 nitrogen and oxygen atoms in total. The minimum atomic E-state index is 0.834. The van der Waals surface area contributed by atoms with Gasteiger partial charge in [0.05, 0.1) is 5.69 Å². The Kier molecular flexibility index (Phi) is 2.52. The van der Waals surface area contributed by atoms with Crippen molar-refractivity contribution in [3.63, 3.8) is 0 Å². The molecule has 0 saturated carbocycles. The summed E-state index contributed by atoms with van der Waals surface area (Å²) >= 11 is 6.65. The molecule has 0 saturated heterocycles. The first-order valence-electron chi connectivity index (χ1n) is 4.42. The summed E-state index contributed by atoms with van der Waals surface area (Å²) in [6.45, 7) is 4.22. The molecule has 0 spiro atoms. The summed E-state index contributed by atoms with van der Waals surface area (Å²) in [6.07, 6.45) is 0. The van der Waals surface area contributed by atoms with E-state index < -0.39 is 0 Å². The van der Waals surface area contributed by atoms with Crippen molar-refractivity contribution in [2.45, 2.75) is 13.8 Å². The molecule has 2 rings (SSSR count). The van der Waals surface area contributed by atoms with Crippen LogP contribution >= 0.6 is 23.6 Å². The van der Waals surface area contributed by atoms with E-state index in [4.69, 9.17) is 12.2 Å². The van der Waals surface area contributed by atoms with Gasteiger partial charge in [-0.1, -0.05) is 17.7 Å². The summed E-state index contributed by atoms with van der Waals surface area (Å²) in [7, 11) is 0. The Balaban J connectivity index is 2.61. The molecule has 0 amide bonds. The number of aromatic amines is 1. The van der Waals surface area contributed by atoms with Crippen LogP contribution in [0.3, 0.4) is 0 Å². The predicted molar refractivity (Wildman–Crippen MR) is 64.4 cm³/mol. The second-order valence-corrected chi connectivity index (χ2v) is 4.93. The van der Waals surface area contributed by atoms with Crippen LogP contribution in [0.5, 0.6) is 0 Å². The largest absolute Gasteiger partial charge is 0.337 e. The van der Waals surface area contributed by atoms with Crippen molar-refractivity contribution in [2.24, 2.45) is 0 Å². The molecule has 0 fully saturated rings. The van der Waals surface area contributed by atoms with Gasteiger partial charge in [-0.15, -0.1) is 11.3 Å². The molecule has 1 aromatic heterocycles. The molecule has 0 atom stereocenters. The molecule has 0 aliphatic rings. The average molecular weight is 221 g/mol. The first-order chi connectivity index (χ1) is 6.66. The molecule has 0 aliphatic heterocycles. The molecule has 0 radical (unpaired) electrons. The summed E-state index contributed by atoms with van der Waals surface area (Å²) in [5.41, 5.74) is 4.93. The average Bonchev–Trinajstić information content (AvgIpc) is 2.56. The van der Waals surface area contributed by atoms with E-state index >= 15 is 0 Å². The van der Waals surface area contributed by atoms with Crippen molar-refractivity contribution in [3.8, 4) is 11.3 Å². The SMILES string of the molecule is Cc1ccc(C)c(-c2csc(=S)[nH]2)c1. The molecule has 0 unspecified atom stereocenters. The van der Waals surface area contributed by atoms with Crippen LogP contribution < -0.4 is 0 Å². The van der Waals surface area contributed by atoms with Crippen molar-refractivity contribution in [1.29, 1.82) is 0 Å². The second kappa shape index (κ2) is 3.67. The van der Waals surface area contributed by atoms with E-state index in [1.54, 1.807) is 11.3 Å². The quantitative estimate of drug-likeness (QED) is 0.717. The summed E-state index contributed by atoms with van der Waals surface area (Å²) in [6, 6.07) is 6.45. The fourth-order valence-corrected chi connectivity index (χ4v) is 2.27. The first-order valence-corrected chi connectivity index (χ1v) is 5.71. The topological polar surface area (TPSA) is 15.8 Å². The van der Waals surface area contributed by atoms with Crippen LogP contribution in [0.15, 0.2) is 23.6 Å². The van der Waals surface area contributed by atoms with Gasteiger partial charge in [-0.2, -0.15) is 0 Å². The zero-order valence-corrected chi connectivity index (χ0v) is 9.76. The van der Waals surface area contributed by atoms with E-state index in [2.05, 4.69) is 42.4 Å². The lowest BCUT2D eigenvalue weighted by atomic mass is 10.0. The Morgan fingerprint density at radius 3 is 2.71 bits per heavy atom. The highest BCUT2D eigenvalue weighted by Gasteiger charge is 2.02. The molecular formula is C11H11NS2. The lowest BCUT2D eigenvalue weighted by molar-refractivity contribution is 1.33. The molecule has 14 heavy (non-hydrogen) atoms. The van der Waals surface area contributed by atoms with Crippen LogP contribution in [0, 0.1) is 17.8 Å². The maximum absolute atomic E-state index is 5.07. The molecule has 1 N–H and O–H groups in total. The van der Waals surface area contributed by atoms with E-state index in [0.29, 0.717) is 0 Å². The van der Waals surface area contributed by atoms with Gasteiger partial charge in [0.25, 0.3) is 0 Å². The van der Waals surface area contributed by atoms with E-state index in [1.807, 2.05) is 0 Å². The van der Waals surface area contributed by atoms with E-state index in [-0.39, 0.29) is 0 Å². The zero-order valence-electron chi connectivity index (χ0n) is 8.13. The van der Waals surface area contributed by atoms with Gasteiger partial charge in [-0.25, -0.2) is 0 Å². The van der Waals surface area contributed by atoms with Crippen LogP contribution in [-0.2, 0) is 0 Å². The number of thiazole rings is 1. The minimum absolute atomic E-state index is 0.834. The maximum Gasteiger partial charge on any atom is 0.158 e. The van der Waals surface area contributed by atoms with Crippen LogP contribution in [0.25, 0.3) is 11.3 Å². The smallest absolute Gasteiger partial charge is 0.158 e. The minimum Gasteiger partial charge on any atom is -0.337 e. The van der Waals surface area contributed by atoms with Gasteiger partial charge >= 0.3 is 0 Å². The Morgan fingerprint density at radius 1 is 1.29 bits per heavy atom. The lowest BCUT2D eigenvalue weighted by Gasteiger charge is -2.03. The summed E-state index contributed by atoms with van der Waals surface area (Å²) in [5, 5.41) is 2.07. The van der Waals surface area contributed by atoms with Crippen molar-refractivity contribution >= 4 is 23.6 Å². The number of H-pyrrole nitrogens is 1. The van der Waals surface area contributed by atoms with E-state index in [0.717, 1.165) is 9.65 Å². The third-order valence-electron chi connectivity index (χ3n) is 2.20. The Bertz CT molecular complexity index is 508. The number of hydrogen-bond donors (Lipinski definition) is 1. The van der Waals surface area contributed by atoms with Crippen molar-refractivity contribution in [2.75, 3.05) is 0 Å². The Hall–Kier alpha value is -0.930. The normalized spacial score (nSPS) is 10.4. The van der Waals surface area contributed by atoms with Gasteiger partial charge in [-0.3, -0.25) is 0 Å². The third kappa shape index (κ3) is 1.79. The maximum atomic E-state index is 5.07. The van der Waals surface area contributed by atoms with Gasteiger partial charge in [0, 0.05) is 10.9 Å². The number of rotatable bonds is 1. The molecule has 72 valence electrons. The van der Waals surface area contributed by atoms with Crippen LogP contribution in [0.2, 0.25) is 0 Å². The summed E-state index contributed by atoms with van der Waals surface area (Å²) < 4.78 is 0.834. The molecule has 3 heteroatoms. The first kappa shape index (κ1) is 9.62. The van der Waals surface area contributed by atoms with E-state index in [9.17, 15) is 0 Å². The molecule has 1 aromatic carbocycles. The highest BCUT2D eigenvalue weighted by molar-refractivity contribution is 7.73. The molecule has 0 aliphatic carbocycles. The number of benzene rings is 1. The lowest BCUT2D eigenvalue weighted by Crippen LogP contribution is -1.84. The van der Waals surface area contributed by atoms with Crippen LogP contribution in [-0.4, -0.2) is 4.98 Å². The number of hydrogen-bond acceptors (Lipinski definition) is 2. The Morgan fingerprint density at radius 2 is 2.07 bits per heavy atom. The second-order valence-electron chi connectivity index (χ2n) is 3.38. The van der Waals surface area contributed by atoms with Gasteiger partial charge in [0.2, 0.25) is 0 Å². The van der Waals surface area contributed by atoms with Crippen molar-refractivity contribution in [3.05, 3.63) is 38.7 Å². The van der Waals surface area contributed by atoms with Crippen molar-refractivity contribution in [1.82, 2.24) is 4.98 Å². The molecular weight excluding hydrogens is 210 g/mol. The van der Waals surface area contributed by atoms with Gasteiger partial charge in [0.1, 0.15) is 0 Å². The molecule has 2 aromatic rings.